The van der Waals surface area contributed by atoms with Crippen LogP contribution in [0.15, 0.2) is 59.5 Å². The largest absolute Gasteiger partial charge is 0.480 e. The SMILES string of the molecule is CN(c1ccccc1)S(=O)(=O)c1cccc(C(=O)NC2(C(=O)O)CCC2)c1. The monoisotopic (exact) mass is 388 g/mol. The van der Waals surface area contributed by atoms with Crippen molar-refractivity contribution in [3.05, 3.63) is 60.2 Å². The van der Waals surface area contributed by atoms with Gasteiger partial charge in [-0.15, -0.1) is 0 Å². The molecule has 27 heavy (non-hydrogen) atoms. The first-order valence-electron chi connectivity index (χ1n) is 8.46. The number of carbonyl (C=O) groups excluding carboxylic acids is 1. The van der Waals surface area contributed by atoms with E-state index in [1.54, 1.807) is 30.3 Å². The lowest BCUT2D eigenvalue weighted by Gasteiger charge is -2.38. The van der Waals surface area contributed by atoms with Gasteiger partial charge in [0.25, 0.3) is 15.9 Å². The lowest BCUT2D eigenvalue weighted by atomic mass is 9.76. The zero-order valence-corrected chi connectivity index (χ0v) is 15.6. The summed E-state index contributed by atoms with van der Waals surface area (Å²) in [4.78, 5) is 23.9. The number of hydrogen-bond acceptors (Lipinski definition) is 4. The maximum Gasteiger partial charge on any atom is 0.329 e. The molecule has 1 amide bonds. The van der Waals surface area contributed by atoms with Crippen molar-refractivity contribution in [2.75, 3.05) is 11.4 Å². The zero-order chi connectivity index (χ0) is 19.7. The Bertz CT molecular complexity index is 969. The molecule has 0 radical (unpaired) electrons. The Morgan fingerprint density at radius 2 is 1.74 bits per heavy atom. The molecule has 0 bridgehead atoms. The Morgan fingerprint density at radius 1 is 1.07 bits per heavy atom. The molecule has 0 aromatic heterocycles. The smallest absolute Gasteiger partial charge is 0.329 e. The average molecular weight is 388 g/mol. The summed E-state index contributed by atoms with van der Waals surface area (Å²) in [6.45, 7) is 0. The molecule has 1 aliphatic carbocycles. The molecule has 2 aromatic rings. The highest BCUT2D eigenvalue weighted by Gasteiger charge is 2.45. The first-order valence-corrected chi connectivity index (χ1v) is 9.90. The quantitative estimate of drug-likeness (QED) is 0.790. The molecule has 7 nitrogen and oxygen atoms in total. The number of hydrogen-bond donors (Lipinski definition) is 2. The minimum atomic E-state index is -3.86. The third kappa shape index (κ3) is 3.52. The highest BCUT2D eigenvalue weighted by Crippen LogP contribution is 2.32. The van der Waals surface area contributed by atoms with Crippen LogP contribution in [0.4, 0.5) is 5.69 Å². The minimum Gasteiger partial charge on any atom is -0.480 e. The van der Waals surface area contributed by atoms with Gasteiger partial charge in [0.2, 0.25) is 0 Å². The lowest BCUT2D eigenvalue weighted by molar-refractivity contribution is -0.148. The van der Waals surface area contributed by atoms with Crippen LogP contribution >= 0.6 is 0 Å². The molecule has 0 atom stereocenters. The fourth-order valence-corrected chi connectivity index (χ4v) is 4.19. The number of nitrogens with one attached hydrogen (secondary N) is 1. The fraction of sp³-hybridized carbons (Fsp3) is 0.263. The Balaban J connectivity index is 1.87. The molecule has 0 unspecified atom stereocenters. The summed E-state index contributed by atoms with van der Waals surface area (Å²) in [5, 5.41) is 11.9. The maximum atomic E-state index is 12.9. The molecule has 1 fully saturated rings. The van der Waals surface area contributed by atoms with Gasteiger partial charge >= 0.3 is 5.97 Å². The van der Waals surface area contributed by atoms with Gasteiger partial charge in [-0.2, -0.15) is 0 Å². The van der Waals surface area contributed by atoms with Gasteiger partial charge in [0, 0.05) is 12.6 Å². The van der Waals surface area contributed by atoms with E-state index in [1.165, 1.54) is 31.3 Å². The standard InChI is InChI=1S/C19H20N2O5S/c1-21(15-8-3-2-4-9-15)27(25,26)16-10-5-7-14(13-16)17(22)20-19(18(23)24)11-6-12-19/h2-5,7-10,13H,6,11-12H2,1H3,(H,20,22)(H,23,24). The van der Waals surface area contributed by atoms with Crippen molar-refractivity contribution < 1.29 is 23.1 Å². The summed E-state index contributed by atoms with van der Waals surface area (Å²) in [6.07, 6.45) is 1.45. The van der Waals surface area contributed by atoms with E-state index >= 15 is 0 Å². The molecule has 1 aliphatic rings. The van der Waals surface area contributed by atoms with Crippen LogP contribution in [0.2, 0.25) is 0 Å². The second-order valence-corrected chi connectivity index (χ2v) is 8.50. The average Bonchev–Trinajstić information content (AvgIpc) is 2.64. The zero-order valence-electron chi connectivity index (χ0n) is 14.8. The molecule has 0 heterocycles. The Hall–Kier alpha value is -2.87. The van der Waals surface area contributed by atoms with Crippen molar-refractivity contribution in [1.82, 2.24) is 5.32 Å². The topological polar surface area (TPSA) is 104 Å². The van der Waals surface area contributed by atoms with E-state index in [4.69, 9.17) is 0 Å². The van der Waals surface area contributed by atoms with Crippen LogP contribution in [0.3, 0.4) is 0 Å². The van der Waals surface area contributed by atoms with Crippen molar-refractivity contribution in [2.24, 2.45) is 0 Å². The van der Waals surface area contributed by atoms with Crippen molar-refractivity contribution >= 4 is 27.6 Å². The molecule has 142 valence electrons. The first kappa shape index (κ1) is 18.9. The third-order valence-corrected chi connectivity index (χ3v) is 6.63. The van der Waals surface area contributed by atoms with Crippen LogP contribution in [0.1, 0.15) is 29.6 Å². The highest BCUT2D eigenvalue weighted by molar-refractivity contribution is 7.92. The minimum absolute atomic E-state index is 0.0421. The van der Waals surface area contributed by atoms with Crippen LogP contribution in [0.25, 0.3) is 0 Å². The predicted octanol–water partition coefficient (Wildman–Crippen LogP) is 2.25. The first-order chi connectivity index (χ1) is 12.8. The Kier molecular flexibility index (Phi) is 4.93. The highest BCUT2D eigenvalue weighted by atomic mass is 32.2. The number of para-hydroxylation sites is 1. The van der Waals surface area contributed by atoms with E-state index in [-0.39, 0.29) is 10.5 Å². The predicted molar refractivity (Wildman–Crippen MR) is 100 cm³/mol. The van der Waals surface area contributed by atoms with Gasteiger partial charge in [-0.3, -0.25) is 9.10 Å². The Labute approximate surface area is 157 Å². The molecule has 2 N–H and O–H groups in total. The van der Waals surface area contributed by atoms with Crippen molar-refractivity contribution in [1.29, 1.82) is 0 Å². The van der Waals surface area contributed by atoms with Crippen molar-refractivity contribution in [3.63, 3.8) is 0 Å². The molecule has 1 saturated carbocycles. The molecule has 0 spiro atoms. The molecular weight excluding hydrogens is 368 g/mol. The van der Waals surface area contributed by atoms with Crippen LogP contribution in [0.5, 0.6) is 0 Å². The summed E-state index contributed by atoms with van der Waals surface area (Å²) in [7, 11) is -2.43. The second kappa shape index (κ2) is 7.03. The van der Waals surface area contributed by atoms with Crippen LogP contribution in [-0.4, -0.2) is 38.0 Å². The van der Waals surface area contributed by atoms with Gasteiger partial charge in [-0.05, 0) is 49.6 Å². The van der Waals surface area contributed by atoms with E-state index in [0.29, 0.717) is 18.5 Å². The van der Waals surface area contributed by atoms with E-state index in [9.17, 15) is 23.1 Å². The number of benzene rings is 2. The normalized spacial score (nSPS) is 15.4. The van der Waals surface area contributed by atoms with Crippen molar-refractivity contribution in [3.8, 4) is 0 Å². The lowest BCUT2D eigenvalue weighted by Crippen LogP contribution is -2.59. The van der Waals surface area contributed by atoms with E-state index in [2.05, 4.69) is 5.32 Å². The summed E-state index contributed by atoms with van der Waals surface area (Å²) in [6, 6.07) is 14.2. The number of anilines is 1. The van der Waals surface area contributed by atoms with E-state index < -0.39 is 27.4 Å². The molecule has 2 aromatic carbocycles. The van der Waals surface area contributed by atoms with Crippen molar-refractivity contribution in [2.45, 2.75) is 29.7 Å². The van der Waals surface area contributed by atoms with Crippen LogP contribution < -0.4 is 9.62 Å². The number of rotatable bonds is 6. The molecule has 0 saturated heterocycles. The molecule has 8 heteroatoms. The number of carbonyl (C=O) groups is 2. The number of amides is 1. The van der Waals surface area contributed by atoms with Gasteiger partial charge in [0.15, 0.2) is 0 Å². The fourth-order valence-electron chi connectivity index (χ4n) is 2.94. The van der Waals surface area contributed by atoms with Gasteiger partial charge in [-0.25, -0.2) is 13.2 Å². The van der Waals surface area contributed by atoms with E-state index in [0.717, 1.165) is 10.7 Å². The summed E-state index contributed by atoms with van der Waals surface area (Å²) < 4.78 is 26.9. The van der Waals surface area contributed by atoms with Crippen LogP contribution in [-0.2, 0) is 14.8 Å². The molecule has 3 rings (SSSR count). The van der Waals surface area contributed by atoms with Gasteiger partial charge in [0.1, 0.15) is 5.54 Å². The maximum absolute atomic E-state index is 12.9. The number of carboxylic acids is 1. The second-order valence-electron chi connectivity index (χ2n) is 6.53. The summed E-state index contributed by atoms with van der Waals surface area (Å²) in [5.41, 5.74) is -0.663. The number of nitrogens with zero attached hydrogens (tertiary/aromatic N) is 1. The number of sulfonamides is 1. The number of aliphatic carboxylic acids is 1. The van der Waals surface area contributed by atoms with Gasteiger partial charge < -0.3 is 10.4 Å². The number of carboxylic acid groups (broad SMARTS) is 1. The van der Waals surface area contributed by atoms with Gasteiger partial charge in [-0.1, -0.05) is 24.3 Å². The van der Waals surface area contributed by atoms with Gasteiger partial charge in [0.05, 0.1) is 10.6 Å². The molecular formula is C19H20N2O5S. The summed E-state index contributed by atoms with van der Waals surface area (Å²) in [5.74, 6) is -1.67. The third-order valence-electron chi connectivity index (χ3n) is 4.84. The summed E-state index contributed by atoms with van der Waals surface area (Å²) >= 11 is 0. The Morgan fingerprint density at radius 3 is 2.30 bits per heavy atom. The molecule has 0 aliphatic heterocycles. The van der Waals surface area contributed by atoms with E-state index in [1.807, 2.05) is 0 Å². The van der Waals surface area contributed by atoms with Crippen LogP contribution in [0, 0.1) is 0 Å².